The predicted octanol–water partition coefficient (Wildman–Crippen LogP) is -1.31. The Morgan fingerprint density at radius 3 is 1.81 bits per heavy atom. The number of aliphatic hydroxyl groups is 5. The fourth-order valence-corrected chi connectivity index (χ4v) is 4.43. The average Bonchev–Trinajstić information content (AvgIpc) is 2.76. The molecule has 10 heteroatoms. The van der Waals surface area contributed by atoms with Crippen LogP contribution in [0.5, 0.6) is 0 Å². The largest absolute Gasteiger partial charge is 0.394 e. The summed E-state index contributed by atoms with van der Waals surface area (Å²) in [5, 5.41) is 51.6. The van der Waals surface area contributed by atoms with E-state index in [2.05, 4.69) is 0 Å². The van der Waals surface area contributed by atoms with Gasteiger partial charge in [0.05, 0.1) is 57.5 Å². The van der Waals surface area contributed by atoms with Crippen LogP contribution in [0.15, 0.2) is 0 Å². The Labute approximate surface area is 184 Å². The molecule has 0 spiro atoms. The van der Waals surface area contributed by atoms with E-state index in [1.807, 2.05) is 13.8 Å². The van der Waals surface area contributed by atoms with E-state index in [-0.39, 0.29) is 39.0 Å². The lowest BCUT2D eigenvalue weighted by molar-refractivity contribution is -0.241. The molecule has 0 aromatic rings. The number of aliphatic hydroxyl groups excluding tert-OH is 5. The highest BCUT2D eigenvalue weighted by Gasteiger charge is 2.46. The minimum atomic E-state index is -1.15. The predicted molar refractivity (Wildman–Crippen MR) is 110 cm³/mol. The van der Waals surface area contributed by atoms with Crippen molar-refractivity contribution >= 4 is 0 Å². The SMILES string of the molecule is CCCC1C(CO)OC(COCC2C(COC)OC(COCC)C(O)C2O)C(O)C1O. The van der Waals surface area contributed by atoms with E-state index in [0.717, 1.165) is 6.42 Å². The molecule has 0 bridgehead atoms. The molecule has 2 aliphatic heterocycles. The van der Waals surface area contributed by atoms with Crippen LogP contribution in [0.4, 0.5) is 0 Å². The molecule has 0 radical (unpaired) electrons. The van der Waals surface area contributed by atoms with Crippen LogP contribution in [0.1, 0.15) is 26.7 Å². The van der Waals surface area contributed by atoms with E-state index in [1.54, 1.807) is 0 Å². The van der Waals surface area contributed by atoms with E-state index < -0.39 is 54.7 Å². The molecule has 10 atom stereocenters. The second kappa shape index (κ2) is 13.3. The Morgan fingerprint density at radius 1 is 0.677 bits per heavy atom. The van der Waals surface area contributed by atoms with E-state index in [0.29, 0.717) is 13.0 Å². The number of hydrogen-bond donors (Lipinski definition) is 5. The van der Waals surface area contributed by atoms with Crippen molar-refractivity contribution in [1.29, 1.82) is 0 Å². The summed E-state index contributed by atoms with van der Waals surface area (Å²) in [6.45, 7) is 4.34. The van der Waals surface area contributed by atoms with Gasteiger partial charge < -0.3 is 49.2 Å². The van der Waals surface area contributed by atoms with E-state index >= 15 is 0 Å². The van der Waals surface area contributed by atoms with E-state index in [1.165, 1.54) is 7.11 Å². The highest BCUT2D eigenvalue weighted by molar-refractivity contribution is 4.94. The fourth-order valence-electron chi connectivity index (χ4n) is 4.43. The summed E-state index contributed by atoms with van der Waals surface area (Å²) in [5.41, 5.74) is 0. The van der Waals surface area contributed by atoms with Crippen LogP contribution >= 0.6 is 0 Å². The van der Waals surface area contributed by atoms with Crippen LogP contribution in [0, 0.1) is 11.8 Å². The maximum absolute atomic E-state index is 10.6. The van der Waals surface area contributed by atoms with Crippen molar-refractivity contribution in [2.45, 2.75) is 75.5 Å². The van der Waals surface area contributed by atoms with Gasteiger partial charge in [0.25, 0.3) is 0 Å². The summed E-state index contributed by atoms with van der Waals surface area (Å²) >= 11 is 0. The van der Waals surface area contributed by atoms with E-state index in [9.17, 15) is 25.5 Å². The molecule has 0 amide bonds. The van der Waals surface area contributed by atoms with Crippen LogP contribution in [-0.2, 0) is 23.7 Å². The van der Waals surface area contributed by atoms with Crippen molar-refractivity contribution in [3.63, 3.8) is 0 Å². The number of methoxy groups -OCH3 is 1. The van der Waals surface area contributed by atoms with Gasteiger partial charge in [0.2, 0.25) is 0 Å². The minimum Gasteiger partial charge on any atom is -0.394 e. The Hall–Kier alpha value is -0.400. The van der Waals surface area contributed by atoms with Gasteiger partial charge in [0.1, 0.15) is 24.4 Å². The molecule has 2 rings (SSSR count). The molecule has 5 N–H and O–H groups in total. The minimum absolute atomic E-state index is 0.0263. The monoisotopic (exact) mass is 452 g/mol. The Balaban J connectivity index is 1.94. The number of ether oxygens (including phenoxy) is 5. The molecular weight excluding hydrogens is 412 g/mol. The maximum Gasteiger partial charge on any atom is 0.110 e. The topological polar surface area (TPSA) is 147 Å². The smallest absolute Gasteiger partial charge is 0.110 e. The van der Waals surface area contributed by atoms with Gasteiger partial charge in [-0.3, -0.25) is 0 Å². The van der Waals surface area contributed by atoms with Crippen LogP contribution in [0.2, 0.25) is 0 Å². The highest BCUT2D eigenvalue weighted by Crippen LogP contribution is 2.31. The third-order valence-corrected chi connectivity index (χ3v) is 6.20. The zero-order valence-electron chi connectivity index (χ0n) is 18.7. The van der Waals surface area contributed by atoms with Crippen molar-refractivity contribution in [1.82, 2.24) is 0 Å². The van der Waals surface area contributed by atoms with Crippen LogP contribution in [-0.4, -0.2) is 121 Å². The molecule has 10 unspecified atom stereocenters. The molecule has 0 aliphatic carbocycles. The van der Waals surface area contributed by atoms with Gasteiger partial charge in [-0.25, -0.2) is 0 Å². The van der Waals surface area contributed by atoms with E-state index in [4.69, 9.17) is 23.7 Å². The first kappa shape index (κ1) is 26.8. The summed E-state index contributed by atoms with van der Waals surface area (Å²) < 4.78 is 27.9. The third kappa shape index (κ3) is 6.80. The molecule has 31 heavy (non-hydrogen) atoms. The number of hydrogen-bond acceptors (Lipinski definition) is 10. The van der Waals surface area contributed by atoms with Gasteiger partial charge in [-0.1, -0.05) is 13.3 Å². The lowest BCUT2D eigenvalue weighted by Crippen LogP contribution is -2.59. The molecule has 2 saturated heterocycles. The second-order valence-corrected chi connectivity index (χ2v) is 8.34. The first-order chi connectivity index (χ1) is 14.9. The van der Waals surface area contributed by atoms with Crippen LogP contribution < -0.4 is 0 Å². The number of rotatable bonds is 12. The summed E-state index contributed by atoms with van der Waals surface area (Å²) in [4.78, 5) is 0. The molecule has 2 fully saturated rings. The molecule has 2 heterocycles. The Bertz CT molecular complexity index is 493. The van der Waals surface area contributed by atoms with Crippen molar-refractivity contribution in [3.05, 3.63) is 0 Å². The normalized spacial score (nSPS) is 41.4. The summed E-state index contributed by atoms with van der Waals surface area (Å²) in [7, 11) is 1.52. The van der Waals surface area contributed by atoms with Crippen molar-refractivity contribution in [2.75, 3.05) is 46.8 Å². The molecule has 0 aromatic carbocycles. The Kier molecular flexibility index (Phi) is 11.6. The van der Waals surface area contributed by atoms with Crippen molar-refractivity contribution < 1.29 is 49.2 Å². The summed E-state index contributed by atoms with van der Waals surface area (Å²) in [6.07, 6.45) is -5.60. The zero-order valence-corrected chi connectivity index (χ0v) is 18.7. The van der Waals surface area contributed by atoms with Gasteiger partial charge in [-0.15, -0.1) is 0 Å². The van der Waals surface area contributed by atoms with Crippen LogP contribution in [0.3, 0.4) is 0 Å². The molecule has 0 saturated carbocycles. The third-order valence-electron chi connectivity index (χ3n) is 6.20. The van der Waals surface area contributed by atoms with Crippen molar-refractivity contribution in [2.24, 2.45) is 11.8 Å². The molecule has 0 aromatic heterocycles. The second-order valence-electron chi connectivity index (χ2n) is 8.34. The highest BCUT2D eigenvalue weighted by atomic mass is 16.6. The molecule has 184 valence electrons. The van der Waals surface area contributed by atoms with Gasteiger partial charge in [-0.05, 0) is 13.3 Å². The molecule has 2 aliphatic rings. The first-order valence-electron chi connectivity index (χ1n) is 11.2. The van der Waals surface area contributed by atoms with Gasteiger partial charge in [-0.2, -0.15) is 0 Å². The Morgan fingerprint density at radius 2 is 1.26 bits per heavy atom. The molecule has 10 nitrogen and oxygen atoms in total. The van der Waals surface area contributed by atoms with Crippen LogP contribution in [0.25, 0.3) is 0 Å². The van der Waals surface area contributed by atoms with Gasteiger partial charge in [0.15, 0.2) is 0 Å². The summed E-state index contributed by atoms with van der Waals surface area (Å²) in [5.74, 6) is -0.918. The lowest BCUT2D eigenvalue weighted by Gasteiger charge is -2.44. The fraction of sp³-hybridized carbons (Fsp3) is 1.00. The van der Waals surface area contributed by atoms with Gasteiger partial charge >= 0.3 is 0 Å². The lowest BCUT2D eigenvalue weighted by atomic mass is 9.84. The van der Waals surface area contributed by atoms with Gasteiger partial charge in [0, 0.05) is 25.6 Å². The summed E-state index contributed by atoms with van der Waals surface area (Å²) in [6, 6.07) is 0. The zero-order chi connectivity index (χ0) is 23.0. The maximum atomic E-state index is 10.6. The quantitative estimate of drug-likeness (QED) is 0.242. The molecular formula is C21H40O10. The standard InChI is InChI=1S/C21H40O10/c1-4-6-12-14(7-22)30-17(20(25)18(12)23)11-29-8-13-15(9-27-3)31-16(10-28-5-2)21(26)19(13)24/h12-26H,4-11H2,1-3H3. The first-order valence-corrected chi connectivity index (χ1v) is 11.2. The van der Waals surface area contributed by atoms with Crippen molar-refractivity contribution in [3.8, 4) is 0 Å². The average molecular weight is 453 g/mol.